The summed E-state index contributed by atoms with van der Waals surface area (Å²) >= 11 is 5.59. The van der Waals surface area contributed by atoms with Crippen molar-refractivity contribution in [2.75, 3.05) is 23.9 Å². The molecule has 1 aromatic rings. The van der Waals surface area contributed by atoms with E-state index in [0.717, 1.165) is 12.0 Å². The number of carbonyl (C=O) groups excluding carboxylic acids is 2. The molecular weight excluding hydrogens is 266 g/mol. The topological polar surface area (TPSA) is 46.6 Å². The van der Waals surface area contributed by atoms with Crippen LogP contribution in [0.3, 0.4) is 0 Å². The molecule has 0 N–H and O–H groups in total. The number of hydrogen-bond acceptors (Lipinski definition) is 3. The summed E-state index contributed by atoms with van der Waals surface area (Å²) in [7, 11) is 0. The van der Waals surface area contributed by atoms with Gasteiger partial charge >= 0.3 is 0 Å². The first-order valence-electron chi connectivity index (χ1n) is 6.18. The number of para-hydroxylation sites is 1. The van der Waals surface area contributed by atoms with E-state index < -0.39 is 0 Å². The first-order valence-corrected chi connectivity index (χ1v) is 6.71. The minimum Gasteiger partial charge on any atom is -0.491 e. The van der Waals surface area contributed by atoms with Gasteiger partial charge < -0.3 is 14.4 Å². The van der Waals surface area contributed by atoms with Crippen LogP contribution in [0.15, 0.2) is 18.2 Å². The average molecular weight is 284 g/mol. The molecule has 0 unspecified atom stereocenters. The Hall–Kier alpha value is -1.55. The van der Waals surface area contributed by atoms with Gasteiger partial charge in [0.2, 0.25) is 5.91 Å². The number of carbonyl (C=O) groups is 2. The highest BCUT2D eigenvalue weighted by atomic mass is 35.5. The van der Waals surface area contributed by atoms with Crippen LogP contribution in [0, 0.1) is 6.92 Å². The Morgan fingerprint density at radius 3 is 2.79 bits per heavy atom. The Kier molecular flexibility index (Phi) is 6.36. The van der Waals surface area contributed by atoms with Crippen LogP contribution in [-0.2, 0) is 9.59 Å². The van der Waals surface area contributed by atoms with E-state index >= 15 is 0 Å². The summed E-state index contributed by atoms with van der Waals surface area (Å²) in [4.78, 5) is 24.0. The first kappa shape index (κ1) is 15.5. The zero-order valence-electron chi connectivity index (χ0n) is 11.2. The highest BCUT2D eigenvalue weighted by Crippen LogP contribution is 2.32. The molecule has 4 nitrogen and oxygen atoms in total. The largest absolute Gasteiger partial charge is 0.491 e. The zero-order valence-corrected chi connectivity index (χ0v) is 11.9. The van der Waals surface area contributed by atoms with Crippen LogP contribution in [0.5, 0.6) is 5.75 Å². The van der Waals surface area contributed by atoms with Gasteiger partial charge in [0.25, 0.3) is 0 Å². The number of aryl methyl sites for hydroxylation is 1. The molecule has 0 fully saturated rings. The predicted octanol–water partition coefficient (Wildman–Crippen LogP) is 2.55. The monoisotopic (exact) mass is 283 g/mol. The first-order chi connectivity index (χ1) is 9.15. The summed E-state index contributed by atoms with van der Waals surface area (Å²) in [5.74, 6) is 0.113. The number of aldehydes is 1. The van der Waals surface area contributed by atoms with E-state index in [2.05, 4.69) is 0 Å². The smallest absolute Gasteiger partial charge is 0.242 e. The van der Waals surface area contributed by atoms with Crippen molar-refractivity contribution in [3.05, 3.63) is 23.8 Å². The van der Waals surface area contributed by atoms with Crippen molar-refractivity contribution in [1.29, 1.82) is 0 Å². The van der Waals surface area contributed by atoms with Gasteiger partial charge in [-0.05, 0) is 25.0 Å². The summed E-state index contributed by atoms with van der Waals surface area (Å²) in [6, 6.07) is 5.51. The number of benzene rings is 1. The number of rotatable bonds is 7. The molecule has 1 rings (SSSR count). The van der Waals surface area contributed by atoms with Crippen LogP contribution in [0.25, 0.3) is 0 Å². The zero-order chi connectivity index (χ0) is 14.3. The molecule has 0 saturated heterocycles. The van der Waals surface area contributed by atoms with Crippen molar-refractivity contribution in [1.82, 2.24) is 0 Å². The number of halogens is 1. The van der Waals surface area contributed by atoms with Crippen LogP contribution < -0.4 is 9.64 Å². The van der Waals surface area contributed by atoms with Gasteiger partial charge in [-0.15, -0.1) is 11.6 Å². The maximum Gasteiger partial charge on any atom is 0.242 e. The number of nitrogens with zero attached hydrogens (tertiary/aromatic N) is 1. The molecule has 0 bridgehead atoms. The minimum atomic E-state index is -0.315. The van der Waals surface area contributed by atoms with E-state index in [9.17, 15) is 9.59 Å². The van der Waals surface area contributed by atoms with E-state index in [4.69, 9.17) is 16.3 Å². The number of amides is 1. The molecule has 104 valence electrons. The van der Waals surface area contributed by atoms with Gasteiger partial charge in [0, 0.05) is 0 Å². The van der Waals surface area contributed by atoms with E-state index in [-0.39, 0.29) is 18.3 Å². The molecule has 19 heavy (non-hydrogen) atoms. The molecule has 0 aliphatic rings. The Labute approximate surface area is 118 Å². The predicted molar refractivity (Wildman–Crippen MR) is 76.1 cm³/mol. The second kappa shape index (κ2) is 7.79. The van der Waals surface area contributed by atoms with Crippen LogP contribution in [0.2, 0.25) is 0 Å². The fourth-order valence-corrected chi connectivity index (χ4v) is 1.92. The molecule has 0 aliphatic carbocycles. The summed E-state index contributed by atoms with van der Waals surface area (Å²) < 4.78 is 5.64. The molecule has 1 amide bonds. The highest BCUT2D eigenvalue weighted by Gasteiger charge is 2.20. The maximum atomic E-state index is 11.9. The molecule has 0 atom stereocenters. The number of ether oxygens (including phenoxy) is 1. The number of alkyl halides is 1. The van der Waals surface area contributed by atoms with Gasteiger partial charge in [-0.25, -0.2) is 0 Å². The van der Waals surface area contributed by atoms with Gasteiger partial charge in [-0.3, -0.25) is 4.79 Å². The lowest BCUT2D eigenvalue weighted by Gasteiger charge is -2.24. The normalized spacial score (nSPS) is 10.1. The van der Waals surface area contributed by atoms with Crippen molar-refractivity contribution in [2.45, 2.75) is 20.3 Å². The Bertz CT molecular complexity index is 448. The van der Waals surface area contributed by atoms with Gasteiger partial charge in [-0.2, -0.15) is 0 Å². The van der Waals surface area contributed by atoms with Crippen LogP contribution >= 0.6 is 11.6 Å². The van der Waals surface area contributed by atoms with Crippen molar-refractivity contribution < 1.29 is 14.3 Å². The van der Waals surface area contributed by atoms with Gasteiger partial charge in [0.15, 0.2) is 0 Å². The summed E-state index contributed by atoms with van der Waals surface area (Å²) in [5, 5.41) is 0. The molecule has 0 aliphatic heterocycles. The standard InChI is InChI=1S/C14H18ClNO3/c1-3-9-19-12-6-4-5-11(2)14(12)16(7-8-17)13(18)10-15/h4-6,8H,3,7,9-10H2,1-2H3. The summed E-state index contributed by atoms with van der Waals surface area (Å²) in [6.45, 7) is 4.40. The van der Waals surface area contributed by atoms with Crippen molar-refractivity contribution >= 4 is 29.5 Å². The summed E-state index contributed by atoms with van der Waals surface area (Å²) in [5.41, 5.74) is 1.49. The van der Waals surface area contributed by atoms with Crippen LogP contribution in [0.4, 0.5) is 5.69 Å². The molecule has 0 saturated carbocycles. The van der Waals surface area contributed by atoms with Crippen molar-refractivity contribution in [2.24, 2.45) is 0 Å². The lowest BCUT2D eigenvalue weighted by Crippen LogP contribution is -2.34. The molecule has 0 aromatic heterocycles. The van der Waals surface area contributed by atoms with Gasteiger partial charge in [0.1, 0.15) is 17.9 Å². The highest BCUT2D eigenvalue weighted by molar-refractivity contribution is 6.29. The average Bonchev–Trinajstić information content (AvgIpc) is 2.42. The third-order valence-electron chi connectivity index (χ3n) is 2.60. The Morgan fingerprint density at radius 2 is 2.21 bits per heavy atom. The number of hydrogen-bond donors (Lipinski definition) is 0. The van der Waals surface area contributed by atoms with E-state index in [1.807, 2.05) is 26.0 Å². The van der Waals surface area contributed by atoms with Gasteiger partial charge in [0.05, 0.1) is 18.8 Å². The van der Waals surface area contributed by atoms with E-state index in [0.29, 0.717) is 24.3 Å². The fraction of sp³-hybridized carbons (Fsp3) is 0.429. The lowest BCUT2D eigenvalue weighted by molar-refractivity contribution is -0.117. The molecule has 0 radical (unpaired) electrons. The van der Waals surface area contributed by atoms with Crippen molar-refractivity contribution in [3.8, 4) is 5.75 Å². The quantitative estimate of drug-likeness (QED) is 0.571. The second-order valence-corrected chi connectivity index (χ2v) is 4.34. The minimum absolute atomic E-state index is 0.0289. The molecule has 5 heteroatoms. The third kappa shape index (κ3) is 3.96. The summed E-state index contributed by atoms with van der Waals surface area (Å²) in [6.07, 6.45) is 1.55. The lowest BCUT2D eigenvalue weighted by atomic mass is 10.1. The Morgan fingerprint density at radius 1 is 1.47 bits per heavy atom. The molecular formula is C14H18ClNO3. The van der Waals surface area contributed by atoms with Gasteiger partial charge in [-0.1, -0.05) is 19.1 Å². The maximum absolute atomic E-state index is 11.9. The molecule has 0 heterocycles. The third-order valence-corrected chi connectivity index (χ3v) is 2.83. The van der Waals surface area contributed by atoms with E-state index in [1.54, 1.807) is 6.07 Å². The van der Waals surface area contributed by atoms with Crippen LogP contribution in [0.1, 0.15) is 18.9 Å². The number of anilines is 1. The SMILES string of the molecule is CCCOc1cccc(C)c1N(CC=O)C(=O)CCl. The molecule has 1 aromatic carbocycles. The van der Waals surface area contributed by atoms with Crippen LogP contribution in [-0.4, -0.2) is 31.2 Å². The Balaban J connectivity index is 3.18. The fourth-order valence-electron chi connectivity index (χ4n) is 1.77. The van der Waals surface area contributed by atoms with E-state index in [1.165, 1.54) is 4.90 Å². The second-order valence-electron chi connectivity index (χ2n) is 4.07. The molecule has 0 spiro atoms. The van der Waals surface area contributed by atoms with Crippen molar-refractivity contribution in [3.63, 3.8) is 0 Å².